The van der Waals surface area contributed by atoms with Crippen molar-refractivity contribution in [1.82, 2.24) is 14.7 Å². The molecule has 0 saturated heterocycles. The van der Waals surface area contributed by atoms with Gasteiger partial charge in [-0.05, 0) is 121 Å². The third-order valence-electron chi connectivity index (χ3n) is 21.0. The lowest BCUT2D eigenvalue weighted by atomic mass is 9.82. The zero-order valence-corrected chi connectivity index (χ0v) is 61.3. The summed E-state index contributed by atoms with van der Waals surface area (Å²) in [5, 5.41) is 6.21. The van der Waals surface area contributed by atoms with Crippen LogP contribution >= 0.6 is 22.7 Å². The van der Waals surface area contributed by atoms with Gasteiger partial charge in [-0.25, -0.2) is 14.4 Å². The van der Waals surface area contributed by atoms with Crippen molar-refractivity contribution in [3.8, 4) is 119 Å². The Kier molecular flexibility index (Phi) is 18.1. The predicted octanol–water partition coefficient (Wildman–Crippen LogP) is 13.4. The van der Waals surface area contributed by atoms with Crippen molar-refractivity contribution in [2.75, 3.05) is 125 Å². The van der Waals surface area contributed by atoms with Gasteiger partial charge in [0.25, 0.3) is 0 Å². The molecule has 27 heteroatoms. The maximum Gasteiger partial charge on any atom is 0.343 e. The van der Waals surface area contributed by atoms with Gasteiger partial charge in [0, 0.05) is 69.0 Å². The minimum atomic E-state index is -0.597. The number of carbonyl (C=O) groups excluding carboxylic acids is 3. The average molecular weight is 1470 g/mol. The molecule has 0 bridgehead atoms. The second-order valence-electron chi connectivity index (χ2n) is 25.9. The van der Waals surface area contributed by atoms with E-state index >= 15 is 0 Å². The summed E-state index contributed by atoms with van der Waals surface area (Å²) in [6.45, 7) is 2.62. The first-order valence-corrected chi connectivity index (χ1v) is 35.7. The minimum absolute atomic E-state index is 0.0844. The topological polar surface area (TPSA) is 240 Å². The van der Waals surface area contributed by atoms with Crippen LogP contribution in [0.15, 0.2) is 93.6 Å². The lowest BCUT2D eigenvalue weighted by Gasteiger charge is -2.39. The van der Waals surface area contributed by atoms with Gasteiger partial charge >= 0.3 is 17.9 Å². The van der Waals surface area contributed by atoms with E-state index in [0.717, 1.165) is 116 Å². The van der Waals surface area contributed by atoms with Crippen LogP contribution in [-0.4, -0.2) is 158 Å². The van der Waals surface area contributed by atoms with E-state index in [1.54, 1.807) is 70.6 Å². The number of benzene rings is 6. The fourth-order valence-electron chi connectivity index (χ4n) is 16.6. The van der Waals surface area contributed by atoms with Gasteiger partial charge in [0.2, 0.25) is 37.6 Å². The number of hydrogen-bond acceptors (Lipinski definition) is 27. The Morgan fingerprint density at radius 1 is 0.390 bits per heavy atom. The summed E-state index contributed by atoms with van der Waals surface area (Å²) in [6, 6.07) is 20.0. The van der Waals surface area contributed by atoms with Gasteiger partial charge in [-0.1, -0.05) is 24.3 Å². The van der Waals surface area contributed by atoms with Crippen molar-refractivity contribution in [3.05, 3.63) is 156 Å². The van der Waals surface area contributed by atoms with Crippen molar-refractivity contribution in [2.24, 2.45) is 0 Å². The van der Waals surface area contributed by atoms with Crippen molar-refractivity contribution in [3.63, 3.8) is 0 Å². The highest BCUT2D eigenvalue weighted by Gasteiger charge is 2.52. The van der Waals surface area contributed by atoms with Gasteiger partial charge in [-0.3, -0.25) is 14.7 Å². The molecule has 0 aliphatic carbocycles. The van der Waals surface area contributed by atoms with E-state index in [0.29, 0.717) is 109 Å². The lowest BCUT2D eigenvalue weighted by molar-refractivity contribution is 0.00809. The molecule has 18 rings (SSSR count). The molecule has 6 aromatic carbocycles. The van der Waals surface area contributed by atoms with Crippen LogP contribution in [-0.2, 0) is 33.5 Å². The van der Waals surface area contributed by atoms with Crippen LogP contribution in [0.25, 0.3) is 32.9 Å². The van der Waals surface area contributed by atoms with Crippen LogP contribution in [0.5, 0.6) is 86.2 Å². The number of fused-ring (bicyclic) bond motifs is 9. The van der Waals surface area contributed by atoms with Crippen LogP contribution in [0.1, 0.15) is 118 Å². The molecule has 12 heterocycles. The number of furan rings is 1. The first kappa shape index (κ1) is 68.7. The number of ether oxygens (including phenoxy) is 18. The highest BCUT2D eigenvalue weighted by molar-refractivity contribution is 7.13. The van der Waals surface area contributed by atoms with Gasteiger partial charge < -0.3 is 89.7 Å². The Bertz CT molecular complexity index is 4440. The van der Waals surface area contributed by atoms with Gasteiger partial charge in [0.1, 0.15) is 40.8 Å². The van der Waals surface area contributed by atoms with E-state index in [1.807, 2.05) is 69.7 Å². The van der Waals surface area contributed by atoms with E-state index in [9.17, 15) is 14.4 Å². The summed E-state index contributed by atoms with van der Waals surface area (Å²) in [6.07, 6.45) is 2.22. The van der Waals surface area contributed by atoms with Crippen molar-refractivity contribution >= 4 is 40.6 Å². The molecular weight excluding hydrogens is 1390 g/mol. The fraction of sp³-hybridized carbons (Fsp3) is 0.346. The van der Waals surface area contributed by atoms with Crippen molar-refractivity contribution in [1.29, 1.82) is 0 Å². The lowest BCUT2D eigenvalue weighted by Crippen LogP contribution is -2.36. The second kappa shape index (κ2) is 27.7. The molecule has 546 valence electrons. The summed E-state index contributed by atoms with van der Waals surface area (Å²) in [5.74, 6) is 7.48. The Balaban J connectivity index is 0.000000121. The number of esters is 3. The summed E-state index contributed by atoms with van der Waals surface area (Å²) < 4.78 is 110. The molecule has 0 amide bonds. The van der Waals surface area contributed by atoms with Crippen LogP contribution in [0, 0.1) is 0 Å². The molecule has 0 fully saturated rings. The van der Waals surface area contributed by atoms with E-state index in [-0.39, 0.29) is 38.5 Å². The highest BCUT2D eigenvalue weighted by Crippen LogP contribution is 2.64. The maximum absolute atomic E-state index is 13.1. The van der Waals surface area contributed by atoms with Gasteiger partial charge in [-0.2, -0.15) is 11.3 Å². The summed E-state index contributed by atoms with van der Waals surface area (Å²) in [5.41, 5.74) is 13.5. The molecule has 0 N–H and O–H groups in total. The number of hydrogen-bond donors (Lipinski definition) is 0. The van der Waals surface area contributed by atoms with Crippen LogP contribution in [0.2, 0.25) is 0 Å². The van der Waals surface area contributed by atoms with Gasteiger partial charge in [0.15, 0.2) is 69.0 Å². The predicted molar refractivity (Wildman–Crippen MR) is 382 cm³/mol. The van der Waals surface area contributed by atoms with Gasteiger partial charge in [0.05, 0.1) is 93.9 Å². The van der Waals surface area contributed by atoms with E-state index < -0.39 is 36.2 Å². The van der Waals surface area contributed by atoms with Crippen molar-refractivity contribution < 1.29 is 104 Å². The SMILES string of the molecule is COc1ccc2c(c1OC)C(=O)O[C@@H]2[C@H]1c2c(c(-c3ccco3)c3c(c2OC)OCO3)CCN1C.COc1ccc2c(c1OC)C(=O)O[C@@H]2[C@H]1c2c(c(-c3cccs3)c3c(c2OC)OCO3)CCN1C.COc1ccc2c(c1OC)C(=O)O[C@@H]2[C@H]1c2c(c(-c3ccsc3)c3c(c2OC)OCO3)CCN1C. The third kappa shape index (κ3) is 10.8. The molecule has 0 spiro atoms. The normalized spacial score (nSPS) is 20.3. The molecule has 0 radical (unpaired) electrons. The zero-order valence-electron chi connectivity index (χ0n) is 59.6. The molecule has 25 nitrogen and oxygen atoms in total. The number of carbonyl (C=O) groups is 3. The first-order valence-electron chi connectivity index (χ1n) is 33.9. The number of cyclic esters (lactones) is 3. The molecule has 9 aromatic rings. The molecule has 0 unspecified atom stereocenters. The summed E-state index contributed by atoms with van der Waals surface area (Å²) in [4.78, 5) is 47.0. The Labute approximate surface area is 612 Å². The summed E-state index contributed by atoms with van der Waals surface area (Å²) >= 11 is 3.29. The molecule has 105 heavy (non-hydrogen) atoms. The number of likely N-dealkylation sites (N-methyl/N-ethyl adjacent to an activating group) is 3. The Morgan fingerprint density at radius 2 is 0.771 bits per heavy atom. The maximum atomic E-state index is 13.1. The number of rotatable bonds is 15. The molecule has 9 aliphatic rings. The number of thiophene rings is 2. The van der Waals surface area contributed by atoms with Gasteiger partial charge in [-0.15, -0.1) is 11.3 Å². The summed E-state index contributed by atoms with van der Waals surface area (Å²) in [7, 11) is 20.2. The minimum Gasteiger partial charge on any atom is -0.493 e. The smallest absolute Gasteiger partial charge is 0.343 e. The molecular formula is C78H75N3O22S2. The highest BCUT2D eigenvalue weighted by atomic mass is 32.1. The quantitative estimate of drug-likeness (QED) is 0.0684. The molecule has 3 aromatic heterocycles. The van der Waals surface area contributed by atoms with E-state index in [2.05, 4.69) is 43.0 Å². The van der Waals surface area contributed by atoms with E-state index in [1.165, 1.54) is 28.4 Å². The van der Waals surface area contributed by atoms with E-state index in [4.69, 9.17) is 89.7 Å². The first-order chi connectivity index (χ1) is 51.2. The zero-order chi connectivity index (χ0) is 72.8. The van der Waals surface area contributed by atoms with Crippen LogP contribution < -0.4 is 71.1 Å². The largest absolute Gasteiger partial charge is 0.493 e. The number of methoxy groups -OCH3 is 9. The molecule has 0 saturated carbocycles. The third-order valence-corrected chi connectivity index (χ3v) is 22.6. The Morgan fingerprint density at radius 3 is 1.12 bits per heavy atom. The fourth-order valence-corrected chi connectivity index (χ4v) is 18.0. The average Bonchev–Trinajstić information content (AvgIpc) is 1.70. The molecule has 9 aliphatic heterocycles. The Hall–Kier alpha value is -10.7. The second-order valence-corrected chi connectivity index (χ2v) is 27.6. The van der Waals surface area contributed by atoms with Crippen LogP contribution in [0.3, 0.4) is 0 Å². The standard InChI is InChI=1S/C26H25NO8.2C26H25NO7S/c1-27-10-9-13-17(15-6-5-11-32-15)24-25(34-12-33-24)23(31-4)18(13)20(27)21-14-7-8-16(29-2)22(30-3)19(14)26(28)35-21;1-27-9-7-14-17(13-8-10-35-11-13)24-25(33-12-32-24)23(31-4)18(14)20(27)21-15-5-6-16(29-2)22(30-3)19(15)26(28)34-21;1-27-10-9-13-17(16-6-5-11-35-16)24-25(33-12-32-24)23(31-4)18(13)20(27)21-14-7-8-15(29-2)22(30-3)19(14)26(28)34-21/h5-8,11,20-21H,9-10,12H2,1-4H3;5-6,8,10-11,20-21H,7,9,12H2,1-4H3;5-8,11,20-21H,9-10,12H2,1-4H3/t3*20-,21+/m111/s1. The number of nitrogens with zero attached hydrogens (tertiary/aromatic N) is 3. The molecule has 6 atom stereocenters. The monoisotopic (exact) mass is 1470 g/mol. The van der Waals surface area contributed by atoms with Crippen LogP contribution in [0.4, 0.5) is 0 Å². The van der Waals surface area contributed by atoms with Crippen molar-refractivity contribution in [2.45, 2.75) is 55.7 Å².